The van der Waals surface area contributed by atoms with E-state index in [2.05, 4.69) is 5.32 Å². The van der Waals surface area contributed by atoms with E-state index in [1.54, 1.807) is 27.7 Å². The first-order chi connectivity index (χ1) is 14.8. The topological polar surface area (TPSA) is 114 Å². The lowest BCUT2D eigenvalue weighted by molar-refractivity contribution is -0.150. The number of allylic oxidation sites excluding steroid dienone is 1. The molecule has 0 aromatic heterocycles. The fourth-order valence-corrected chi connectivity index (χ4v) is 3.99. The molecular weight excluding hydrogens is 416 g/mol. The molecule has 2 amide bonds. The Morgan fingerprint density at radius 1 is 1.22 bits per heavy atom. The number of rotatable bonds is 10. The van der Waals surface area contributed by atoms with E-state index in [0.717, 1.165) is 0 Å². The number of ether oxygens (including phenoxy) is 3. The number of likely N-dealkylation sites (tertiary alicyclic amines) is 1. The number of ketones is 1. The van der Waals surface area contributed by atoms with Crippen molar-refractivity contribution in [2.75, 3.05) is 13.2 Å². The Labute approximate surface area is 191 Å². The van der Waals surface area contributed by atoms with E-state index in [1.807, 2.05) is 26.0 Å². The molecule has 2 unspecified atom stereocenters. The van der Waals surface area contributed by atoms with Crippen molar-refractivity contribution < 1.29 is 33.7 Å². The number of nitrogens with zero attached hydrogens (tertiary/aromatic N) is 1. The summed E-state index contributed by atoms with van der Waals surface area (Å²) in [5, 5.41) is 13.8. The highest BCUT2D eigenvalue weighted by Gasteiger charge is 2.51. The first-order valence-electron chi connectivity index (χ1n) is 11.1. The molecule has 32 heavy (non-hydrogen) atoms. The number of carbonyl (C=O) groups is 3. The van der Waals surface area contributed by atoms with Crippen LogP contribution < -0.4 is 5.32 Å². The molecule has 1 heterocycles. The smallest absolute Gasteiger partial charge is 0.411 e. The van der Waals surface area contributed by atoms with Crippen molar-refractivity contribution >= 4 is 17.8 Å². The predicted octanol–water partition coefficient (Wildman–Crippen LogP) is 2.41. The number of hydrogen-bond donors (Lipinski definition) is 2. The molecule has 0 aromatic carbocycles. The number of carbonyl (C=O) groups excluding carboxylic acids is 3. The summed E-state index contributed by atoms with van der Waals surface area (Å²) in [6.07, 6.45) is 1.71. The van der Waals surface area contributed by atoms with Gasteiger partial charge in [-0.15, -0.1) is 0 Å². The SMILES string of the molecule is C/C=C\[C@@H]1C[C@H](C(C)=O)N(C(=O)OC(C)(C)C)[C@H]1C(NC(C)=O)[C@@H](O)COC(C)OCC. The summed E-state index contributed by atoms with van der Waals surface area (Å²) in [5.41, 5.74) is -0.778. The second kappa shape index (κ2) is 12.3. The van der Waals surface area contributed by atoms with Gasteiger partial charge in [-0.2, -0.15) is 0 Å². The van der Waals surface area contributed by atoms with Crippen molar-refractivity contribution in [3.8, 4) is 0 Å². The number of aliphatic hydroxyl groups is 1. The Kier molecular flexibility index (Phi) is 10.8. The van der Waals surface area contributed by atoms with Crippen LogP contribution in [0.4, 0.5) is 4.79 Å². The van der Waals surface area contributed by atoms with Gasteiger partial charge < -0.3 is 24.6 Å². The first-order valence-corrected chi connectivity index (χ1v) is 11.1. The van der Waals surface area contributed by atoms with E-state index in [4.69, 9.17) is 14.2 Å². The van der Waals surface area contributed by atoms with Crippen molar-refractivity contribution in [3.05, 3.63) is 12.2 Å². The average Bonchev–Trinajstić information content (AvgIpc) is 3.02. The standard InChI is InChI=1S/C23H40N2O7/c1-9-11-17-12-18(14(3)26)25(22(29)32-23(6,7)8)21(17)20(24-15(4)27)19(28)13-31-16(5)30-10-2/h9,11,16-21,28H,10,12-13H2,1-8H3,(H,24,27)/b11-9-/t16?,17-,18-,19+,20?,21-/m1/s1. The highest BCUT2D eigenvalue weighted by molar-refractivity contribution is 5.86. The Balaban J connectivity index is 3.36. The van der Waals surface area contributed by atoms with Crippen LogP contribution in [0.3, 0.4) is 0 Å². The third-order valence-electron chi connectivity index (χ3n) is 5.16. The molecule has 0 saturated carbocycles. The van der Waals surface area contributed by atoms with Crippen LogP contribution in [-0.4, -0.2) is 77.1 Å². The Hall–Kier alpha value is -1.97. The van der Waals surface area contributed by atoms with Gasteiger partial charge in [0.25, 0.3) is 0 Å². The monoisotopic (exact) mass is 456 g/mol. The van der Waals surface area contributed by atoms with Gasteiger partial charge in [0.15, 0.2) is 12.1 Å². The molecule has 2 N–H and O–H groups in total. The summed E-state index contributed by atoms with van der Waals surface area (Å²) < 4.78 is 16.5. The molecule has 184 valence electrons. The third-order valence-corrected chi connectivity index (χ3v) is 5.16. The lowest BCUT2D eigenvalue weighted by atomic mass is 9.89. The lowest BCUT2D eigenvalue weighted by Crippen LogP contribution is -2.60. The van der Waals surface area contributed by atoms with E-state index in [1.165, 1.54) is 18.7 Å². The normalized spacial score (nSPS) is 24.3. The molecule has 6 atom stereocenters. The van der Waals surface area contributed by atoms with Crippen LogP contribution in [0.5, 0.6) is 0 Å². The summed E-state index contributed by atoms with van der Waals surface area (Å²) in [4.78, 5) is 39.0. The van der Waals surface area contributed by atoms with Crippen LogP contribution >= 0.6 is 0 Å². The quantitative estimate of drug-likeness (QED) is 0.383. The zero-order valence-electron chi connectivity index (χ0n) is 20.6. The molecule has 0 radical (unpaired) electrons. The van der Waals surface area contributed by atoms with Crippen molar-refractivity contribution in [3.63, 3.8) is 0 Å². The second-order valence-corrected chi connectivity index (χ2v) is 9.08. The van der Waals surface area contributed by atoms with Gasteiger partial charge in [-0.1, -0.05) is 12.2 Å². The molecule has 9 heteroatoms. The van der Waals surface area contributed by atoms with Crippen LogP contribution in [0, 0.1) is 5.92 Å². The molecule has 1 aliphatic heterocycles. The van der Waals surface area contributed by atoms with E-state index < -0.39 is 42.2 Å². The van der Waals surface area contributed by atoms with Gasteiger partial charge in [-0.3, -0.25) is 14.5 Å². The maximum absolute atomic E-state index is 13.2. The van der Waals surface area contributed by atoms with E-state index in [9.17, 15) is 19.5 Å². The van der Waals surface area contributed by atoms with Gasteiger partial charge in [0, 0.05) is 19.4 Å². The summed E-state index contributed by atoms with van der Waals surface area (Å²) in [6.45, 7) is 13.7. The van der Waals surface area contributed by atoms with Crippen LogP contribution in [0.1, 0.15) is 61.8 Å². The van der Waals surface area contributed by atoms with E-state index in [-0.39, 0.29) is 24.2 Å². The Morgan fingerprint density at radius 3 is 2.31 bits per heavy atom. The van der Waals surface area contributed by atoms with Gasteiger partial charge in [0.2, 0.25) is 5.91 Å². The van der Waals surface area contributed by atoms with Gasteiger partial charge in [0.05, 0.1) is 30.8 Å². The number of aliphatic hydroxyl groups excluding tert-OH is 1. The summed E-state index contributed by atoms with van der Waals surface area (Å²) in [6, 6.07) is -2.33. The molecular formula is C23H40N2O7. The molecule has 0 aromatic rings. The fraction of sp³-hybridized carbons (Fsp3) is 0.783. The minimum atomic E-state index is -1.16. The Bertz CT molecular complexity index is 674. The lowest BCUT2D eigenvalue weighted by Gasteiger charge is -2.39. The van der Waals surface area contributed by atoms with E-state index >= 15 is 0 Å². The highest BCUT2D eigenvalue weighted by atomic mass is 16.7. The first kappa shape index (κ1) is 28.1. The zero-order chi connectivity index (χ0) is 24.6. The van der Waals surface area contributed by atoms with Gasteiger partial charge in [0.1, 0.15) is 5.60 Å². The van der Waals surface area contributed by atoms with Gasteiger partial charge in [-0.25, -0.2) is 4.79 Å². The summed E-state index contributed by atoms with van der Waals surface area (Å²) in [5.74, 6) is -0.844. The highest BCUT2D eigenvalue weighted by Crippen LogP contribution is 2.36. The second-order valence-electron chi connectivity index (χ2n) is 9.08. The van der Waals surface area contributed by atoms with Crippen LogP contribution in [0.25, 0.3) is 0 Å². The fourth-order valence-electron chi connectivity index (χ4n) is 3.99. The van der Waals surface area contributed by atoms with Crippen molar-refractivity contribution in [1.82, 2.24) is 10.2 Å². The van der Waals surface area contributed by atoms with Gasteiger partial charge >= 0.3 is 6.09 Å². The molecule has 0 spiro atoms. The van der Waals surface area contributed by atoms with Crippen molar-refractivity contribution in [2.24, 2.45) is 5.92 Å². The summed E-state index contributed by atoms with van der Waals surface area (Å²) >= 11 is 0. The maximum atomic E-state index is 13.2. The zero-order valence-corrected chi connectivity index (χ0v) is 20.6. The molecule has 9 nitrogen and oxygen atoms in total. The van der Waals surface area contributed by atoms with E-state index in [0.29, 0.717) is 13.0 Å². The number of Topliss-reactive ketones (excluding diaryl/α,β-unsaturated/α-hetero) is 1. The molecule has 1 saturated heterocycles. The van der Waals surface area contributed by atoms with Crippen molar-refractivity contribution in [1.29, 1.82) is 0 Å². The molecule has 0 bridgehead atoms. The average molecular weight is 457 g/mol. The van der Waals surface area contributed by atoms with Crippen LogP contribution in [0.2, 0.25) is 0 Å². The minimum absolute atomic E-state index is 0.127. The largest absolute Gasteiger partial charge is 0.444 e. The van der Waals surface area contributed by atoms with Gasteiger partial charge in [-0.05, 0) is 54.9 Å². The number of amides is 2. The van der Waals surface area contributed by atoms with Crippen molar-refractivity contribution in [2.45, 2.75) is 97.9 Å². The Morgan fingerprint density at radius 2 is 1.84 bits per heavy atom. The molecule has 1 aliphatic rings. The molecule has 1 rings (SSSR count). The molecule has 1 fully saturated rings. The maximum Gasteiger partial charge on any atom is 0.411 e. The minimum Gasteiger partial charge on any atom is -0.444 e. The number of nitrogens with one attached hydrogen (secondary N) is 1. The van der Waals surface area contributed by atoms with Crippen LogP contribution in [0.15, 0.2) is 12.2 Å². The third kappa shape index (κ3) is 8.18. The van der Waals surface area contributed by atoms with Crippen LogP contribution in [-0.2, 0) is 23.8 Å². The molecule has 0 aliphatic carbocycles. The summed E-state index contributed by atoms with van der Waals surface area (Å²) in [7, 11) is 0. The number of hydrogen-bond acceptors (Lipinski definition) is 7. The predicted molar refractivity (Wildman–Crippen MR) is 120 cm³/mol.